The fourth-order valence-corrected chi connectivity index (χ4v) is 3.97. The summed E-state index contributed by atoms with van der Waals surface area (Å²) >= 11 is 0. The molecule has 4 heteroatoms. The van der Waals surface area contributed by atoms with Gasteiger partial charge in [0.2, 0.25) is 5.91 Å². The highest BCUT2D eigenvalue weighted by atomic mass is 16.2. The van der Waals surface area contributed by atoms with E-state index < -0.39 is 5.54 Å². The summed E-state index contributed by atoms with van der Waals surface area (Å²) in [5.41, 5.74) is 0.619. The van der Waals surface area contributed by atoms with Crippen LogP contribution in [0.15, 0.2) is 30.3 Å². The van der Waals surface area contributed by atoms with E-state index in [0.717, 1.165) is 44.5 Å². The first-order valence-electron chi connectivity index (χ1n) is 9.01. The lowest BCUT2D eigenvalue weighted by Gasteiger charge is -2.35. The molecule has 1 aliphatic heterocycles. The number of hydrogen-bond acceptors (Lipinski definition) is 3. The van der Waals surface area contributed by atoms with E-state index in [1.165, 1.54) is 19.3 Å². The Labute approximate surface area is 139 Å². The van der Waals surface area contributed by atoms with Crippen LogP contribution in [-0.2, 0) is 4.79 Å². The van der Waals surface area contributed by atoms with Gasteiger partial charge in [0.15, 0.2) is 0 Å². The zero-order valence-corrected chi connectivity index (χ0v) is 14.2. The molecule has 126 valence electrons. The van der Waals surface area contributed by atoms with Crippen molar-refractivity contribution in [2.75, 3.05) is 25.5 Å². The van der Waals surface area contributed by atoms with Crippen molar-refractivity contribution in [1.82, 2.24) is 10.2 Å². The van der Waals surface area contributed by atoms with Crippen molar-refractivity contribution in [3.05, 3.63) is 30.3 Å². The number of hydrogen-bond donors (Lipinski definition) is 2. The van der Waals surface area contributed by atoms with Gasteiger partial charge in [-0.05, 0) is 51.4 Å². The quantitative estimate of drug-likeness (QED) is 0.878. The smallest absolute Gasteiger partial charge is 0.245 e. The highest BCUT2D eigenvalue weighted by molar-refractivity contribution is 5.89. The van der Waals surface area contributed by atoms with Crippen LogP contribution in [0.4, 0.5) is 5.69 Å². The number of carbonyl (C=O) groups is 1. The van der Waals surface area contributed by atoms with Gasteiger partial charge in [0.05, 0.1) is 0 Å². The predicted molar refractivity (Wildman–Crippen MR) is 94.5 cm³/mol. The van der Waals surface area contributed by atoms with Gasteiger partial charge in [-0.1, -0.05) is 37.5 Å². The van der Waals surface area contributed by atoms with Crippen LogP contribution in [0.25, 0.3) is 0 Å². The van der Waals surface area contributed by atoms with Gasteiger partial charge in [0.1, 0.15) is 5.54 Å². The molecule has 1 heterocycles. The highest BCUT2D eigenvalue weighted by Crippen LogP contribution is 2.33. The Bertz CT molecular complexity index is 511. The van der Waals surface area contributed by atoms with E-state index in [-0.39, 0.29) is 5.91 Å². The Morgan fingerprint density at radius 1 is 1.17 bits per heavy atom. The van der Waals surface area contributed by atoms with E-state index in [0.29, 0.717) is 6.04 Å². The highest BCUT2D eigenvalue weighted by Gasteiger charge is 2.41. The van der Waals surface area contributed by atoms with Crippen molar-refractivity contribution in [2.45, 2.75) is 56.5 Å². The van der Waals surface area contributed by atoms with Crippen molar-refractivity contribution in [2.24, 2.45) is 0 Å². The molecule has 23 heavy (non-hydrogen) atoms. The average Bonchev–Trinajstić information content (AvgIpc) is 3.04. The number of para-hydroxylation sites is 1. The number of nitrogens with one attached hydrogen (secondary N) is 2. The van der Waals surface area contributed by atoms with Crippen LogP contribution in [0, 0.1) is 0 Å². The molecule has 1 amide bonds. The largest absolute Gasteiger partial charge is 0.371 e. The first kappa shape index (κ1) is 16.3. The normalized spacial score (nSPS) is 24.3. The summed E-state index contributed by atoms with van der Waals surface area (Å²) in [7, 11) is 2.17. The number of rotatable bonds is 5. The molecule has 1 saturated heterocycles. The maximum absolute atomic E-state index is 12.9. The van der Waals surface area contributed by atoms with Gasteiger partial charge in [-0.15, -0.1) is 0 Å². The van der Waals surface area contributed by atoms with Crippen molar-refractivity contribution in [3.8, 4) is 0 Å². The summed E-state index contributed by atoms with van der Waals surface area (Å²) in [6, 6.07) is 10.6. The minimum Gasteiger partial charge on any atom is -0.371 e. The first-order valence-corrected chi connectivity index (χ1v) is 9.01. The lowest BCUT2D eigenvalue weighted by atomic mass is 9.95. The number of likely N-dealkylation sites (N-methyl/N-ethyl adjacent to an activating group) is 1. The zero-order valence-electron chi connectivity index (χ0n) is 14.2. The minimum absolute atomic E-state index is 0.179. The second-order valence-corrected chi connectivity index (χ2v) is 7.12. The number of carbonyl (C=O) groups excluding carboxylic acids is 1. The first-order chi connectivity index (χ1) is 11.2. The Hall–Kier alpha value is -1.55. The number of benzene rings is 1. The van der Waals surface area contributed by atoms with Crippen LogP contribution in [0.2, 0.25) is 0 Å². The lowest BCUT2D eigenvalue weighted by Crippen LogP contribution is -2.54. The summed E-state index contributed by atoms with van der Waals surface area (Å²) in [5, 5.41) is 6.77. The van der Waals surface area contributed by atoms with Crippen LogP contribution in [0.1, 0.15) is 44.9 Å². The molecule has 0 radical (unpaired) electrons. The third-order valence-corrected chi connectivity index (χ3v) is 5.47. The van der Waals surface area contributed by atoms with Crippen LogP contribution in [0.3, 0.4) is 0 Å². The third-order valence-electron chi connectivity index (χ3n) is 5.47. The van der Waals surface area contributed by atoms with Gasteiger partial charge in [-0.2, -0.15) is 0 Å². The Kier molecular flexibility index (Phi) is 5.21. The van der Waals surface area contributed by atoms with Crippen LogP contribution in [-0.4, -0.2) is 42.5 Å². The van der Waals surface area contributed by atoms with Gasteiger partial charge in [-0.25, -0.2) is 0 Å². The summed E-state index contributed by atoms with van der Waals surface area (Å²) < 4.78 is 0. The molecular weight excluding hydrogens is 286 g/mol. The molecule has 2 aliphatic rings. The number of piperidine rings is 1. The monoisotopic (exact) mass is 315 g/mol. The van der Waals surface area contributed by atoms with Crippen molar-refractivity contribution in [1.29, 1.82) is 0 Å². The molecule has 1 atom stereocenters. The maximum atomic E-state index is 12.9. The number of anilines is 1. The number of nitrogens with zero attached hydrogens (tertiary/aromatic N) is 1. The molecule has 2 fully saturated rings. The van der Waals surface area contributed by atoms with Crippen molar-refractivity contribution >= 4 is 11.6 Å². The SMILES string of the molecule is CN1CCCC[C@@H]1CNC(=O)C1(Nc2ccccc2)CCCC1. The van der Waals surface area contributed by atoms with Gasteiger partial charge in [0.25, 0.3) is 0 Å². The predicted octanol–water partition coefficient (Wildman–Crippen LogP) is 3.01. The van der Waals surface area contributed by atoms with Crippen molar-refractivity contribution < 1.29 is 4.79 Å². The van der Waals surface area contributed by atoms with Crippen LogP contribution >= 0.6 is 0 Å². The summed E-state index contributed by atoms with van der Waals surface area (Å²) in [6.07, 6.45) is 7.84. The molecule has 0 unspecified atom stereocenters. The minimum atomic E-state index is -0.422. The molecule has 3 rings (SSSR count). The van der Waals surface area contributed by atoms with E-state index >= 15 is 0 Å². The van der Waals surface area contributed by atoms with E-state index in [1.807, 2.05) is 30.3 Å². The molecule has 1 saturated carbocycles. The number of amides is 1. The average molecular weight is 315 g/mol. The fraction of sp³-hybridized carbons (Fsp3) is 0.632. The van der Waals surface area contributed by atoms with E-state index in [1.54, 1.807) is 0 Å². The molecule has 0 aromatic heterocycles. The topological polar surface area (TPSA) is 44.4 Å². The standard InChI is InChI=1S/C19H29N3O/c1-22-14-8-5-11-17(22)15-20-18(23)19(12-6-7-13-19)21-16-9-3-2-4-10-16/h2-4,9-10,17,21H,5-8,11-15H2,1H3,(H,20,23)/t17-/m1/s1. The molecule has 4 nitrogen and oxygen atoms in total. The zero-order chi connectivity index (χ0) is 16.1. The molecule has 0 spiro atoms. The molecule has 1 aliphatic carbocycles. The van der Waals surface area contributed by atoms with Crippen molar-refractivity contribution in [3.63, 3.8) is 0 Å². The van der Waals surface area contributed by atoms with Gasteiger partial charge >= 0.3 is 0 Å². The van der Waals surface area contributed by atoms with Gasteiger partial charge in [-0.3, -0.25) is 4.79 Å². The Balaban J connectivity index is 1.62. The van der Waals surface area contributed by atoms with E-state index in [4.69, 9.17) is 0 Å². The second kappa shape index (κ2) is 7.35. The van der Waals surface area contributed by atoms with E-state index in [9.17, 15) is 4.79 Å². The van der Waals surface area contributed by atoms with Crippen LogP contribution in [0.5, 0.6) is 0 Å². The molecule has 0 bridgehead atoms. The second-order valence-electron chi connectivity index (χ2n) is 7.12. The summed E-state index contributed by atoms with van der Waals surface area (Å²) in [6.45, 7) is 1.92. The third kappa shape index (κ3) is 3.86. The summed E-state index contributed by atoms with van der Waals surface area (Å²) in [5.74, 6) is 0.179. The molecule has 1 aromatic rings. The molecular formula is C19H29N3O. The van der Waals surface area contributed by atoms with Gasteiger partial charge in [0, 0.05) is 18.3 Å². The van der Waals surface area contributed by atoms with E-state index in [2.05, 4.69) is 22.6 Å². The Morgan fingerprint density at radius 2 is 1.91 bits per heavy atom. The molecule has 2 N–H and O–H groups in total. The lowest BCUT2D eigenvalue weighted by molar-refractivity contribution is -0.125. The van der Waals surface area contributed by atoms with Gasteiger partial charge < -0.3 is 15.5 Å². The summed E-state index contributed by atoms with van der Waals surface area (Å²) in [4.78, 5) is 15.3. The maximum Gasteiger partial charge on any atom is 0.245 e. The molecule has 1 aromatic carbocycles. The Morgan fingerprint density at radius 3 is 2.61 bits per heavy atom. The fourth-order valence-electron chi connectivity index (χ4n) is 3.97. The van der Waals surface area contributed by atoms with Crippen LogP contribution < -0.4 is 10.6 Å². The number of likely N-dealkylation sites (tertiary alicyclic amines) is 1.